The van der Waals surface area contributed by atoms with Crippen molar-refractivity contribution in [3.63, 3.8) is 0 Å². The lowest BCUT2D eigenvalue weighted by Crippen LogP contribution is -2.22. The number of hydrogen-bond donors (Lipinski definition) is 2. The first-order valence-electron chi connectivity index (χ1n) is 5.50. The Morgan fingerprint density at radius 3 is 2.45 bits per heavy atom. The van der Waals surface area contributed by atoms with Crippen LogP contribution in [0.5, 0.6) is 0 Å². The fourth-order valence-corrected chi connectivity index (χ4v) is 3.28. The zero-order valence-electron chi connectivity index (χ0n) is 10.4. The maximum Gasteiger partial charge on any atom is 0.336 e. The van der Waals surface area contributed by atoms with E-state index in [1.807, 2.05) is 0 Å². The van der Waals surface area contributed by atoms with Crippen molar-refractivity contribution < 1.29 is 18.3 Å². The summed E-state index contributed by atoms with van der Waals surface area (Å²) >= 11 is 3.17. The molecule has 0 amide bonds. The van der Waals surface area contributed by atoms with Crippen LogP contribution >= 0.6 is 15.9 Å². The molecule has 0 saturated heterocycles. The molecule has 2 N–H and O–H groups in total. The fraction of sp³-hybridized carbons (Fsp3) is 0.0833. The van der Waals surface area contributed by atoms with Crippen LogP contribution in [-0.2, 0) is 10.0 Å². The van der Waals surface area contributed by atoms with E-state index in [-0.39, 0.29) is 10.5 Å². The zero-order valence-corrected chi connectivity index (χ0v) is 12.8. The van der Waals surface area contributed by atoms with Gasteiger partial charge in [0.1, 0.15) is 0 Å². The molecule has 2 rings (SSSR count). The molecule has 20 heavy (non-hydrogen) atoms. The minimum absolute atomic E-state index is 0.0627. The summed E-state index contributed by atoms with van der Waals surface area (Å²) in [6.45, 7) is 1.60. The van der Waals surface area contributed by atoms with E-state index in [4.69, 9.17) is 5.11 Å². The second-order valence-corrected chi connectivity index (χ2v) is 6.58. The molecule has 1 aromatic carbocycles. The molecule has 0 unspecified atom stereocenters. The van der Waals surface area contributed by atoms with E-state index in [0.29, 0.717) is 10.0 Å². The molecule has 0 saturated carbocycles. The van der Waals surface area contributed by atoms with Crippen LogP contribution in [0.3, 0.4) is 0 Å². The average molecular weight is 359 g/mol. The second-order valence-electron chi connectivity index (χ2n) is 4.07. The van der Waals surface area contributed by atoms with Gasteiger partial charge in [0.15, 0.2) is 0 Å². The van der Waals surface area contributed by atoms with Crippen LogP contribution < -0.4 is 4.83 Å². The van der Waals surface area contributed by atoms with Gasteiger partial charge in [-0.1, -0.05) is 15.9 Å². The maximum atomic E-state index is 12.2. The highest BCUT2D eigenvalue weighted by atomic mass is 79.9. The van der Waals surface area contributed by atoms with Crippen LogP contribution in [0, 0.1) is 6.92 Å². The van der Waals surface area contributed by atoms with Crippen LogP contribution in [0.15, 0.2) is 46.0 Å². The second kappa shape index (κ2) is 5.29. The predicted molar refractivity (Wildman–Crippen MR) is 76.8 cm³/mol. The number of aromatic nitrogens is 1. The number of halogens is 1. The van der Waals surface area contributed by atoms with Crippen LogP contribution in [0.2, 0.25) is 0 Å². The Morgan fingerprint density at radius 2 is 1.90 bits per heavy atom. The molecule has 2 aromatic rings. The Balaban J connectivity index is 2.49. The largest absolute Gasteiger partial charge is 0.478 e. The Morgan fingerprint density at radius 1 is 1.30 bits per heavy atom. The normalized spacial score (nSPS) is 11.3. The first-order chi connectivity index (χ1) is 9.31. The molecule has 106 valence electrons. The molecule has 0 aliphatic rings. The van der Waals surface area contributed by atoms with Crippen molar-refractivity contribution in [2.24, 2.45) is 0 Å². The maximum absolute atomic E-state index is 12.2. The van der Waals surface area contributed by atoms with E-state index in [9.17, 15) is 13.2 Å². The number of benzene rings is 1. The van der Waals surface area contributed by atoms with Crippen molar-refractivity contribution in [2.45, 2.75) is 11.8 Å². The molecule has 6 nitrogen and oxygen atoms in total. The average Bonchev–Trinajstić information content (AvgIpc) is 2.83. The number of aromatic carboxylic acids is 1. The summed E-state index contributed by atoms with van der Waals surface area (Å²) in [5, 5.41) is 9.10. The molecule has 0 spiro atoms. The van der Waals surface area contributed by atoms with Gasteiger partial charge < -0.3 is 5.11 Å². The van der Waals surface area contributed by atoms with Gasteiger partial charge in [0, 0.05) is 16.9 Å². The number of carboxylic acids is 1. The Hall–Kier alpha value is -1.80. The summed E-state index contributed by atoms with van der Waals surface area (Å²) in [6.07, 6.45) is 3.05. The smallest absolute Gasteiger partial charge is 0.336 e. The third-order valence-corrected chi connectivity index (χ3v) is 4.82. The molecule has 1 heterocycles. The summed E-state index contributed by atoms with van der Waals surface area (Å²) in [4.78, 5) is 13.3. The lowest BCUT2D eigenvalue weighted by molar-refractivity contribution is 0.0695. The summed E-state index contributed by atoms with van der Waals surface area (Å²) < 4.78 is 26.1. The van der Waals surface area contributed by atoms with Crippen LogP contribution in [0.4, 0.5) is 0 Å². The van der Waals surface area contributed by atoms with Gasteiger partial charge in [0.25, 0.3) is 10.0 Å². The minimum atomic E-state index is -3.86. The monoisotopic (exact) mass is 358 g/mol. The van der Waals surface area contributed by atoms with Crippen molar-refractivity contribution in [1.29, 1.82) is 0 Å². The third-order valence-electron chi connectivity index (χ3n) is 2.69. The highest BCUT2D eigenvalue weighted by Gasteiger charge is 2.20. The Labute approximate surface area is 124 Å². The number of sulfonamides is 1. The Bertz CT molecular complexity index is 754. The van der Waals surface area contributed by atoms with Gasteiger partial charge in [0.2, 0.25) is 0 Å². The topological polar surface area (TPSA) is 88.4 Å². The van der Waals surface area contributed by atoms with E-state index in [0.717, 1.165) is 6.07 Å². The van der Waals surface area contributed by atoms with Crippen molar-refractivity contribution in [2.75, 3.05) is 4.83 Å². The van der Waals surface area contributed by atoms with Gasteiger partial charge in [-0.25, -0.2) is 9.63 Å². The van der Waals surface area contributed by atoms with Gasteiger partial charge in [-0.15, -0.1) is 0 Å². The standard InChI is InChI=1S/C12H11BrN2O4S/c1-8-10(12(16)17)6-9(7-11(8)13)20(18,19)14-15-4-2-3-5-15/h2-7,14H,1H3,(H,16,17). The zero-order chi connectivity index (χ0) is 14.9. The van der Waals surface area contributed by atoms with Gasteiger partial charge in [-0.05, 0) is 36.8 Å². The summed E-state index contributed by atoms with van der Waals surface area (Å²) in [7, 11) is -3.86. The molecule has 0 atom stereocenters. The highest BCUT2D eigenvalue weighted by Crippen LogP contribution is 2.25. The first kappa shape index (κ1) is 14.6. The summed E-state index contributed by atoms with van der Waals surface area (Å²) in [6, 6.07) is 5.83. The number of nitrogens with one attached hydrogen (secondary N) is 1. The first-order valence-corrected chi connectivity index (χ1v) is 7.78. The van der Waals surface area contributed by atoms with Gasteiger partial charge >= 0.3 is 5.97 Å². The van der Waals surface area contributed by atoms with Gasteiger partial charge in [0.05, 0.1) is 10.5 Å². The molecule has 8 heteroatoms. The summed E-state index contributed by atoms with van der Waals surface area (Å²) in [5.41, 5.74) is 0.407. The number of hydrogen-bond acceptors (Lipinski definition) is 3. The highest BCUT2D eigenvalue weighted by molar-refractivity contribution is 9.10. The number of carbonyl (C=O) groups is 1. The van der Waals surface area contributed by atoms with Gasteiger partial charge in [-0.3, -0.25) is 4.68 Å². The SMILES string of the molecule is Cc1c(Br)cc(S(=O)(=O)Nn2cccc2)cc1C(=O)O. The summed E-state index contributed by atoms with van der Waals surface area (Å²) in [5.74, 6) is -1.18. The number of rotatable bonds is 4. The van der Waals surface area contributed by atoms with E-state index in [1.54, 1.807) is 19.1 Å². The predicted octanol–water partition coefficient (Wildman–Crippen LogP) is 2.19. The minimum Gasteiger partial charge on any atom is -0.478 e. The third kappa shape index (κ3) is 2.86. The lowest BCUT2D eigenvalue weighted by atomic mass is 10.1. The molecular weight excluding hydrogens is 348 g/mol. The van der Waals surface area contributed by atoms with Gasteiger partial charge in [-0.2, -0.15) is 8.42 Å². The Kier molecular flexibility index (Phi) is 3.87. The number of nitrogens with zero attached hydrogens (tertiary/aromatic N) is 1. The molecule has 0 radical (unpaired) electrons. The molecule has 0 aliphatic carbocycles. The molecule has 0 bridgehead atoms. The van der Waals surface area contributed by atoms with Crippen molar-refractivity contribution in [3.05, 3.63) is 52.3 Å². The molecule has 1 aromatic heterocycles. The van der Waals surface area contributed by atoms with Crippen LogP contribution in [0.1, 0.15) is 15.9 Å². The van der Waals surface area contributed by atoms with Crippen LogP contribution in [0.25, 0.3) is 0 Å². The van der Waals surface area contributed by atoms with E-state index in [1.165, 1.54) is 23.1 Å². The molecule has 0 fully saturated rings. The fourth-order valence-electron chi connectivity index (χ4n) is 1.62. The lowest BCUT2D eigenvalue weighted by Gasteiger charge is -2.11. The van der Waals surface area contributed by atoms with Crippen molar-refractivity contribution in [3.8, 4) is 0 Å². The van der Waals surface area contributed by atoms with E-state index >= 15 is 0 Å². The quantitative estimate of drug-likeness (QED) is 0.876. The molecular formula is C12H11BrN2O4S. The van der Waals surface area contributed by atoms with Crippen molar-refractivity contribution >= 4 is 31.9 Å². The molecule has 0 aliphatic heterocycles. The van der Waals surface area contributed by atoms with Crippen LogP contribution in [-0.4, -0.2) is 24.2 Å². The number of carboxylic acid groups (broad SMARTS) is 1. The van der Waals surface area contributed by atoms with E-state index < -0.39 is 16.0 Å². The van der Waals surface area contributed by atoms with Crippen molar-refractivity contribution in [1.82, 2.24) is 4.68 Å². The van der Waals surface area contributed by atoms with E-state index in [2.05, 4.69) is 20.8 Å².